The van der Waals surface area contributed by atoms with Crippen LogP contribution in [-0.4, -0.2) is 29.0 Å². The molecule has 0 spiro atoms. The van der Waals surface area contributed by atoms with Gasteiger partial charge in [-0.25, -0.2) is 4.79 Å². The summed E-state index contributed by atoms with van der Waals surface area (Å²) in [6.45, 7) is 1.73. The third-order valence-corrected chi connectivity index (χ3v) is 2.95. The van der Waals surface area contributed by atoms with Crippen LogP contribution in [0.1, 0.15) is 12.5 Å². The minimum Gasteiger partial charge on any atom is -0.465 e. The fourth-order valence-corrected chi connectivity index (χ4v) is 2.03. The molecule has 1 heterocycles. The SMILES string of the molecule is CC1=NC(NC(=O)O)C(=O)Nc2cc(Br)ccc21. The lowest BCUT2D eigenvalue weighted by atomic mass is 10.1. The van der Waals surface area contributed by atoms with E-state index in [1.165, 1.54) is 0 Å². The molecular formula is C11H10BrN3O3. The fraction of sp³-hybridized carbons (Fsp3) is 0.182. The number of anilines is 1. The van der Waals surface area contributed by atoms with Gasteiger partial charge in [-0.2, -0.15) is 0 Å². The fourth-order valence-electron chi connectivity index (χ4n) is 1.67. The Morgan fingerprint density at radius 1 is 1.56 bits per heavy atom. The second-order valence-electron chi connectivity index (χ2n) is 3.75. The van der Waals surface area contributed by atoms with Crippen LogP contribution in [0.3, 0.4) is 0 Å². The topological polar surface area (TPSA) is 90.8 Å². The number of carboxylic acid groups (broad SMARTS) is 1. The van der Waals surface area contributed by atoms with Gasteiger partial charge in [-0.15, -0.1) is 0 Å². The van der Waals surface area contributed by atoms with E-state index in [9.17, 15) is 9.59 Å². The Labute approximate surface area is 111 Å². The van der Waals surface area contributed by atoms with Gasteiger partial charge < -0.3 is 10.4 Å². The molecule has 1 aromatic rings. The minimum atomic E-state index is -1.29. The zero-order valence-electron chi connectivity index (χ0n) is 9.40. The number of nitrogens with one attached hydrogen (secondary N) is 2. The first-order valence-electron chi connectivity index (χ1n) is 5.12. The van der Waals surface area contributed by atoms with Gasteiger partial charge in [0, 0.05) is 15.7 Å². The number of rotatable bonds is 1. The first kappa shape index (κ1) is 12.6. The van der Waals surface area contributed by atoms with Crippen molar-refractivity contribution >= 4 is 39.3 Å². The van der Waals surface area contributed by atoms with Crippen molar-refractivity contribution in [2.24, 2.45) is 4.99 Å². The van der Waals surface area contributed by atoms with E-state index >= 15 is 0 Å². The predicted molar refractivity (Wildman–Crippen MR) is 69.9 cm³/mol. The maximum absolute atomic E-state index is 11.8. The number of carbonyl (C=O) groups is 2. The van der Waals surface area contributed by atoms with Crippen LogP contribution in [0.2, 0.25) is 0 Å². The van der Waals surface area contributed by atoms with E-state index in [1.807, 2.05) is 12.1 Å². The zero-order chi connectivity index (χ0) is 13.3. The number of fused-ring (bicyclic) bond motifs is 1. The molecule has 0 radical (unpaired) electrons. The van der Waals surface area contributed by atoms with E-state index in [0.717, 1.165) is 10.0 Å². The number of amides is 2. The monoisotopic (exact) mass is 311 g/mol. The van der Waals surface area contributed by atoms with E-state index in [4.69, 9.17) is 5.11 Å². The summed E-state index contributed by atoms with van der Waals surface area (Å²) >= 11 is 3.31. The van der Waals surface area contributed by atoms with Crippen LogP contribution in [-0.2, 0) is 4.79 Å². The molecule has 0 aliphatic carbocycles. The number of hydrogen-bond acceptors (Lipinski definition) is 3. The van der Waals surface area contributed by atoms with Crippen molar-refractivity contribution in [1.29, 1.82) is 0 Å². The Balaban J connectivity index is 2.42. The molecule has 2 amide bonds. The molecule has 0 aromatic heterocycles. The molecule has 6 nitrogen and oxygen atoms in total. The third kappa shape index (κ3) is 2.51. The van der Waals surface area contributed by atoms with Crippen molar-refractivity contribution in [3.8, 4) is 0 Å². The summed E-state index contributed by atoms with van der Waals surface area (Å²) in [5.41, 5.74) is 1.96. The van der Waals surface area contributed by atoms with Gasteiger partial charge in [0.1, 0.15) is 0 Å². The molecule has 94 valence electrons. The summed E-state index contributed by atoms with van der Waals surface area (Å²) in [6, 6.07) is 5.38. The molecule has 0 bridgehead atoms. The van der Waals surface area contributed by atoms with E-state index in [-0.39, 0.29) is 0 Å². The molecule has 1 aromatic carbocycles. The number of nitrogens with zero attached hydrogens (tertiary/aromatic N) is 1. The quantitative estimate of drug-likeness (QED) is 0.738. The van der Waals surface area contributed by atoms with Gasteiger partial charge >= 0.3 is 6.09 Å². The van der Waals surface area contributed by atoms with Gasteiger partial charge in [0.25, 0.3) is 5.91 Å². The summed E-state index contributed by atoms with van der Waals surface area (Å²) in [5, 5.41) is 13.4. The summed E-state index contributed by atoms with van der Waals surface area (Å²) in [4.78, 5) is 26.5. The number of hydrogen-bond donors (Lipinski definition) is 3. The minimum absolute atomic E-state index is 0.506. The molecule has 7 heteroatoms. The second kappa shape index (κ2) is 4.77. The van der Waals surface area contributed by atoms with Crippen LogP contribution >= 0.6 is 15.9 Å². The van der Waals surface area contributed by atoms with E-state index in [2.05, 4.69) is 31.6 Å². The molecule has 18 heavy (non-hydrogen) atoms. The maximum atomic E-state index is 11.8. The molecular weight excluding hydrogens is 302 g/mol. The third-order valence-electron chi connectivity index (χ3n) is 2.46. The molecule has 1 atom stereocenters. The average molecular weight is 312 g/mol. The largest absolute Gasteiger partial charge is 0.465 e. The van der Waals surface area contributed by atoms with E-state index in [1.54, 1.807) is 13.0 Å². The van der Waals surface area contributed by atoms with Gasteiger partial charge in [-0.3, -0.25) is 15.1 Å². The highest BCUT2D eigenvalue weighted by molar-refractivity contribution is 9.10. The van der Waals surface area contributed by atoms with Crippen molar-refractivity contribution in [3.63, 3.8) is 0 Å². The van der Waals surface area contributed by atoms with E-state index < -0.39 is 18.2 Å². The summed E-state index contributed by atoms with van der Waals surface area (Å²) < 4.78 is 0.819. The van der Waals surface area contributed by atoms with Crippen molar-refractivity contribution in [2.45, 2.75) is 13.1 Å². The Bertz CT molecular complexity index is 556. The van der Waals surface area contributed by atoms with Gasteiger partial charge in [-0.05, 0) is 25.1 Å². The summed E-state index contributed by atoms with van der Waals surface area (Å²) in [6.07, 6.45) is -2.42. The highest BCUT2D eigenvalue weighted by atomic mass is 79.9. The van der Waals surface area contributed by atoms with Gasteiger partial charge in [0.15, 0.2) is 0 Å². The van der Waals surface area contributed by atoms with Crippen LogP contribution in [0.4, 0.5) is 10.5 Å². The molecule has 0 saturated carbocycles. The normalized spacial score (nSPS) is 18.2. The summed E-state index contributed by atoms with van der Waals surface area (Å²) in [5.74, 6) is -0.506. The number of benzodiazepines with no additional fused rings is 1. The van der Waals surface area contributed by atoms with Crippen LogP contribution < -0.4 is 10.6 Å². The van der Waals surface area contributed by atoms with E-state index in [0.29, 0.717) is 11.4 Å². The first-order valence-corrected chi connectivity index (χ1v) is 5.91. The van der Waals surface area contributed by atoms with Crippen LogP contribution in [0.15, 0.2) is 27.7 Å². The van der Waals surface area contributed by atoms with Crippen LogP contribution in [0.5, 0.6) is 0 Å². The molecule has 1 aliphatic heterocycles. The molecule has 0 saturated heterocycles. The molecule has 3 N–H and O–H groups in total. The van der Waals surface area contributed by atoms with Gasteiger partial charge in [0.2, 0.25) is 6.17 Å². The highest BCUT2D eigenvalue weighted by Crippen LogP contribution is 2.24. The molecule has 1 unspecified atom stereocenters. The molecule has 0 fully saturated rings. The zero-order valence-corrected chi connectivity index (χ0v) is 11.0. The smallest absolute Gasteiger partial charge is 0.406 e. The Hall–Kier alpha value is -1.89. The standard InChI is InChI=1S/C11H10BrN3O3/c1-5-7-3-2-6(12)4-8(7)14-10(16)9(13-5)15-11(17)18/h2-4,9,15H,1H3,(H,14,16)(H,17,18). The Morgan fingerprint density at radius 2 is 2.28 bits per heavy atom. The van der Waals surface area contributed by atoms with Gasteiger partial charge in [0.05, 0.1) is 5.69 Å². The number of aliphatic imine (C=N–C) groups is 1. The lowest BCUT2D eigenvalue weighted by Gasteiger charge is -2.10. The Morgan fingerprint density at radius 3 is 2.94 bits per heavy atom. The van der Waals surface area contributed by atoms with Crippen molar-refractivity contribution in [3.05, 3.63) is 28.2 Å². The molecule has 2 rings (SSSR count). The predicted octanol–water partition coefficient (Wildman–Crippen LogP) is 1.80. The van der Waals surface area contributed by atoms with Crippen molar-refractivity contribution < 1.29 is 14.7 Å². The molecule has 1 aliphatic rings. The van der Waals surface area contributed by atoms with Crippen molar-refractivity contribution in [2.75, 3.05) is 5.32 Å². The number of benzene rings is 1. The number of carbonyl (C=O) groups excluding carboxylic acids is 1. The summed E-state index contributed by atoms with van der Waals surface area (Å²) in [7, 11) is 0. The lowest BCUT2D eigenvalue weighted by molar-refractivity contribution is -0.117. The van der Waals surface area contributed by atoms with Gasteiger partial charge in [-0.1, -0.05) is 15.9 Å². The second-order valence-corrected chi connectivity index (χ2v) is 4.66. The van der Waals surface area contributed by atoms with Crippen LogP contribution in [0, 0.1) is 0 Å². The highest BCUT2D eigenvalue weighted by Gasteiger charge is 2.24. The maximum Gasteiger partial charge on any atom is 0.406 e. The van der Waals surface area contributed by atoms with Crippen molar-refractivity contribution in [1.82, 2.24) is 5.32 Å². The first-order chi connectivity index (χ1) is 8.47. The number of halogens is 1. The lowest BCUT2D eigenvalue weighted by Crippen LogP contribution is -2.41. The van der Waals surface area contributed by atoms with Crippen LogP contribution in [0.25, 0.3) is 0 Å². The average Bonchev–Trinajstić information content (AvgIpc) is 2.36. The Kier molecular flexibility index (Phi) is 3.33.